The lowest BCUT2D eigenvalue weighted by Crippen LogP contribution is -2.10. The Morgan fingerprint density at radius 3 is 1.50 bits per heavy atom. The molecule has 151 valence electrons. The molecule has 2 aromatic rings. The zero-order chi connectivity index (χ0) is 22.3. The predicted molar refractivity (Wildman–Crippen MR) is 128 cm³/mol. The third-order valence-corrected chi connectivity index (χ3v) is 3.13. The Balaban J connectivity index is 0. The van der Waals surface area contributed by atoms with Gasteiger partial charge in [0.2, 0.25) is 0 Å². The Morgan fingerprint density at radius 1 is 0.643 bits per heavy atom. The van der Waals surface area contributed by atoms with Crippen molar-refractivity contribution in [3.05, 3.63) is 42.0 Å². The van der Waals surface area contributed by atoms with Gasteiger partial charge in [-0.3, -0.25) is 0 Å². The first-order valence-electron chi connectivity index (χ1n) is 7.46. The van der Waals surface area contributed by atoms with Gasteiger partial charge in [-0.15, -0.1) is 0 Å². The van der Waals surface area contributed by atoms with E-state index in [0.29, 0.717) is 11.1 Å². The van der Waals surface area contributed by atoms with Gasteiger partial charge < -0.3 is 15.3 Å². The van der Waals surface area contributed by atoms with Crippen molar-refractivity contribution >= 4 is 100 Å². The van der Waals surface area contributed by atoms with E-state index in [1.165, 1.54) is 18.2 Å². The minimum Gasteiger partial charge on any atom is -0.508 e. The van der Waals surface area contributed by atoms with Crippen LogP contribution >= 0.6 is 60.3 Å². The van der Waals surface area contributed by atoms with Gasteiger partial charge in [0.25, 0.3) is 0 Å². The summed E-state index contributed by atoms with van der Waals surface area (Å²) in [5.74, 6) is 0.164. The van der Waals surface area contributed by atoms with Gasteiger partial charge in [0.15, 0.2) is 0 Å². The number of halogens is 6. The molecule has 0 aromatic heterocycles. The van der Waals surface area contributed by atoms with E-state index in [4.69, 9.17) is 60.3 Å². The Kier molecular flexibility index (Phi) is 20.0. The second-order valence-electron chi connectivity index (χ2n) is 5.93. The summed E-state index contributed by atoms with van der Waals surface area (Å²) in [6.45, 7) is 6.19. The Bertz CT molecular complexity index is 682. The first-order chi connectivity index (χ1) is 13.0. The second-order valence-corrected chi connectivity index (χ2v) is 12.4. The number of hydrogen-bond donors (Lipinski definition) is 3. The molecule has 0 bridgehead atoms. The molecular formula is C16H18Al3Cl6O3. The van der Waals surface area contributed by atoms with Gasteiger partial charge in [-0.05, 0) is 35.2 Å². The highest BCUT2D eigenvalue weighted by Crippen LogP contribution is 2.39. The minimum atomic E-state index is -0.306. The van der Waals surface area contributed by atoms with Crippen LogP contribution in [0.3, 0.4) is 0 Å². The number of phenols is 3. The van der Waals surface area contributed by atoms with Crippen molar-refractivity contribution < 1.29 is 15.3 Å². The maximum absolute atomic E-state index is 10.1. The molecule has 3 nitrogen and oxygen atoms in total. The molecule has 28 heavy (non-hydrogen) atoms. The van der Waals surface area contributed by atoms with Crippen LogP contribution in [0.2, 0.25) is 0 Å². The molecule has 0 spiro atoms. The van der Waals surface area contributed by atoms with E-state index in [0.717, 1.165) is 5.56 Å². The van der Waals surface area contributed by atoms with Crippen LogP contribution in [0.1, 0.15) is 26.3 Å². The van der Waals surface area contributed by atoms with Gasteiger partial charge in [0, 0.05) is 11.1 Å². The number of phenolic OH excluding ortho intramolecular Hbond substituents is 3. The standard InChI is InChI=1S/C16H18O3.3Al.6ClH/c1-16(2,3)10-4-6-12(15(19)8-10)13-9-11(17)5-7-14(13)18;;;;;;;;;/h4-9,17-19H,1-3H3;;;;6*1H/q;3*+2;;;;;;/p-6. The van der Waals surface area contributed by atoms with Crippen LogP contribution in [0.25, 0.3) is 11.1 Å². The maximum atomic E-state index is 10.1. The van der Waals surface area contributed by atoms with E-state index in [9.17, 15) is 15.3 Å². The van der Waals surface area contributed by atoms with E-state index >= 15 is 0 Å². The molecule has 3 radical (unpaired) electrons. The number of rotatable bonds is 1. The third kappa shape index (κ3) is 13.5. The van der Waals surface area contributed by atoms with Crippen molar-refractivity contribution in [1.29, 1.82) is 0 Å². The fraction of sp³-hybridized carbons (Fsp3) is 0.250. The molecular weight excluding hydrogens is 534 g/mol. The maximum Gasteiger partial charge on any atom is 0.495 e. The molecule has 0 saturated carbocycles. The molecule has 0 aliphatic heterocycles. The molecule has 0 atom stereocenters. The molecule has 2 aromatic carbocycles. The Labute approximate surface area is 210 Å². The Hall–Kier alpha value is 1.18. The van der Waals surface area contributed by atoms with Gasteiger partial charge in [-0.2, -0.15) is 0 Å². The molecule has 0 aliphatic rings. The van der Waals surface area contributed by atoms with Crippen LogP contribution in [-0.4, -0.2) is 55.4 Å². The lowest BCUT2D eigenvalue weighted by molar-refractivity contribution is 0.458. The summed E-state index contributed by atoms with van der Waals surface area (Å²) in [4.78, 5) is 0. The van der Waals surface area contributed by atoms with E-state index in [1.54, 1.807) is 12.1 Å². The fourth-order valence-corrected chi connectivity index (χ4v) is 1.97. The Morgan fingerprint density at radius 2 is 1.11 bits per heavy atom. The lowest BCUT2D eigenvalue weighted by atomic mass is 9.86. The zero-order valence-corrected chi connectivity index (χ0v) is 23.3. The van der Waals surface area contributed by atoms with Crippen LogP contribution in [0.5, 0.6) is 17.2 Å². The van der Waals surface area contributed by atoms with Crippen molar-refractivity contribution in [3.63, 3.8) is 0 Å². The SMILES string of the molecule is CC(C)(C)c1ccc(-c2cc(O)ccc2O)c(O)c1.[Cl][Al][Cl].[Cl][Al][Cl].[Cl][Al][Cl]. The van der Waals surface area contributed by atoms with Crippen LogP contribution in [-0.2, 0) is 5.41 Å². The predicted octanol–water partition coefficient (Wildman–Crippen LogP) is 6.76. The number of benzene rings is 2. The van der Waals surface area contributed by atoms with Crippen LogP contribution in [0.4, 0.5) is 0 Å². The molecule has 3 N–H and O–H groups in total. The molecule has 0 saturated heterocycles. The quantitative estimate of drug-likeness (QED) is 0.271. The molecule has 0 unspecified atom stereocenters. The summed E-state index contributed by atoms with van der Waals surface area (Å²) in [6.07, 6.45) is 0. The monoisotopic (exact) mass is 549 g/mol. The lowest BCUT2D eigenvalue weighted by Gasteiger charge is -2.20. The smallest absolute Gasteiger partial charge is 0.495 e. The van der Waals surface area contributed by atoms with E-state index in [2.05, 4.69) is 20.8 Å². The molecule has 12 heteroatoms. The van der Waals surface area contributed by atoms with Crippen molar-refractivity contribution in [2.75, 3.05) is 0 Å². The van der Waals surface area contributed by atoms with Crippen molar-refractivity contribution in [3.8, 4) is 28.4 Å². The average Bonchev–Trinajstić information content (AvgIpc) is 2.58. The molecule has 0 heterocycles. The number of aromatic hydroxyl groups is 3. The highest BCUT2D eigenvalue weighted by atomic mass is 35.7. The third-order valence-electron chi connectivity index (χ3n) is 3.13. The van der Waals surface area contributed by atoms with Gasteiger partial charge in [0.1, 0.15) is 17.2 Å². The first-order valence-corrected chi connectivity index (χ1v) is 17.9. The number of hydrogen-bond acceptors (Lipinski definition) is 3. The summed E-state index contributed by atoms with van der Waals surface area (Å²) in [5, 5.41) is 29.4. The van der Waals surface area contributed by atoms with Crippen molar-refractivity contribution in [2.45, 2.75) is 26.2 Å². The van der Waals surface area contributed by atoms with E-state index < -0.39 is 0 Å². The normalized spacial score (nSPS) is 9.32. The zero-order valence-electron chi connectivity index (χ0n) is 15.3. The van der Waals surface area contributed by atoms with Crippen molar-refractivity contribution in [2.24, 2.45) is 0 Å². The van der Waals surface area contributed by atoms with Crippen LogP contribution in [0, 0.1) is 0 Å². The van der Waals surface area contributed by atoms with Gasteiger partial charge >= 0.3 is 40.1 Å². The van der Waals surface area contributed by atoms with Crippen LogP contribution in [0.15, 0.2) is 36.4 Å². The topological polar surface area (TPSA) is 60.7 Å². The van der Waals surface area contributed by atoms with Gasteiger partial charge in [-0.25, -0.2) is 60.3 Å². The summed E-state index contributed by atoms with van der Waals surface area (Å²) in [6, 6.07) is 9.60. The van der Waals surface area contributed by atoms with Gasteiger partial charge in [0.05, 0.1) is 0 Å². The fourth-order valence-electron chi connectivity index (χ4n) is 1.97. The highest BCUT2D eigenvalue weighted by Gasteiger charge is 2.17. The summed E-state index contributed by atoms with van der Waals surface area (Å²) in [7, 11) is 29.1. The van der Waals surface area contributed by atoms with E-state index in [1.807, 2.05) is 6.07 Å². The average molecular weight is 552 g/mol. The highest BCUT2D eigenvalue weighted by molar-refractivity contribution is 7.23. The summed E-state index contributed by atoms with van der Waals surface area (Å²) >= 11 is -0.917. The summed E-state index contributed by atoms with van der Waals surface area (Å²) in [5.41, 5.74) is 1.87. The second kappa shape index (κ2) is 17.8. The van der Waals surface area contributed by atoms with Gasteiger partial charge in [-0.1, -0.05) is 32.9 Å². The molecule has 2 rings (SSSR count). The minimum absolute atomic E-state index is 0.0246. The van der Waals surface area contributed by atoms with Crippen LogP contribution < -0.4 is 0 Å². The molecule has 0 amide bonds. The van der Waals surface area contributed by atoms with Crippen molar-refractivity contribution in [1.82, 2.24) is 0 Å². The summed E-state index contributed by atoms with van der Waals surface area (Å²) < 4.78 is 0. The van der Waals surface area contributed by atoms with E-state index in [-0.39, 0.29) is 62.8 Å². The molecule has 0 fully saturated rings. The molecule has 0 aliphatic carbocycles. The largest absolute Gasteiger partial charge is 0.508 e. The first kappa shape index (κ1) is 31.4.